The topological polar surface area (TPSA) is 67.7 Å². The minimum atomic E-state index is -0.449. The number of aryl methyl sites for hydroxylation is 1. The summed E-state index contributed by atoms with van der Waals surface area (Å²) < 4.78 is 15.7. The van der Waals surface area contributed by atoms with Crippen molar-refractivity contribution in [1.82, 2.24) is 9.78 Å². The predicted octanol–water partition coefficient (Wildman–Crippen LogP) is 1.66. The summed E-state index contributed by atoms with van der Waals surface area (Å²) in [5.41, 5.74) is 6.87. The first kappa shape index (κ1) is 11.3. The maximum absolute atomic E-state index is 14.0. The highest BCUT2D eigenvalue weighted by Gasteiger charge is 2.11. The Morgan fingerprint density at radius 2 is 2.24 bits per heavy atom. The van der Waals surface area contributed by atoms with Crippen LogP contribution in [-0.4, -0.2) is 15.6 Å². The number of amidine groups is 1. The molecule has 1 heterocycles. The number of hydrogen-bond donors (Lipinski definition) is 2. The molecule has 0 fully saturated rings. The number of benzene rings is 1. The average Bonchev–Trinajstić information content (AvgIpc) is 2.67. The van der Waals surface area contributed by atoms with Gasteiger partial charge < -0.3 is 5.73 Å². The van der Waals surface area contributed by atoms with Gasteiger partial charge in [0, 0.05) is 17.5 Å². The van der Waals surface area contributed by atoms with Gasteiger partial charge in [-0.3, -0.25) is 10.1 Å². The lowest BCUT2D eigenvalue weighted by Gasteiger charge is -2.08. The van der Waals surface area contributed by atoms with Gasteiger partial charge in [-0.1, -0.05) is 12.1 Å². The molecule has 0 aliphatic heterocycles. The molecule has 0 bridgehead atoms. The number of nitrogen functional groups attached to an aromatic ring is 1. The van der Waals surface area contributed by atoms with Crippen LogP contribution >= 0.6 is 0 Å². The number of rotatable bonds is 3. The minimum absolute atomic E-state index is 0.132. The van der Waals surface area contributed by atoms with Crippen molar-refractivity contribution in [3.05, 3.63) is 53.1 Å². The summed E-state index contributed by atoms with van der Waals surface area (Å²) in [5, 5.41) is 11.4. The zero-order valence-corrected chi connectivity index (χ0v) is 9.44. The largest absolute Gasteiger partial charge is 0.384 e. The van der Waals surface area contributed by atoms with E-state index in [4.69, 9.17) is 11.1 Å². The smallest absolute Gasteiger partial charge is 0.139 e. The Morgan fingerprint density at radius 1 is 1.47 bits per heavy atom. The quantitative estimate of drug-likeness (QED) is 0.624. The summed E-state index contributed by atoms with van der Waals surface area (Å²) in [6.07, 6.45) is 1.67. The Kier molecular flexibility index (Phi) is 2.91. The van der Waals surface area contributed by atoms with E-state index in [1.807, 2.05) is 13.0 Å². The van der Waals surface area contributed by atoms with Crippen LogP contribution in [0.1, 0.15) is 16.8 Å². The highest BCUT2D eigenvalue weighted by molar-refractivity contribution is 5.95. The van der Waals surface area contributed by atoms with Gasteiger partial charge in [-0.15, -0.1) is 0 Å². The second kappa shape index (κ2) is 4.37. The SMILES string of the molecule is Cc1ccnn1Cc1cccc(C(=N)N)c1F. The molecule has 1 aromatic heterocycles. The third-order valence-corrected chi connectivity index (χ3v) is 2.62. The van der Waals surface area contributed by atoms with Gasteiger partial charge >= 0.3 is 0 Å². The molecular weight excluding hydrogens is 219 g/mol. The van der Waals surface area contributed by atoms with E-state index in [0.717, 1.165) is 5.69 Å². The highest BCUT2D eigenvalue weighted by Crippen LogP contribution is 2.14. The number of halogens is 1. The first-order valence-corrected chi connectivity index (χ1v) is 5.20. The molecule has 0 aliphatic carbocycles. The molecule has 0 atom stereocenters. The van der Waals surface area contributed by atoms with Gasteiger partial charge in [-0.25, -0.2) is 4.39 Å². The second-order valence-corrected chi connectivity index (χ2v) is 3.82. The van der Waals surface area contributed by atoms with E-state index in [9.17, 15) is 4.39 Å². The summed E-state index contributed by atoms with van der Waals surface area (Å²) in [7, 11) is 0. The summed E-state index contributed by atoms with van der Waals surface area (Å²) in [6.45, 7) is 2.24. The van der Waals surface area contributed by atoms with Crippen LogP contribution in [-0.2, 0) is 6.54 Å². The number of aromatic nitrogens is 2. The van der Waals surface area contributed by atoms with Crippen molar-refractivity contribution in [3.63, 3.8) is 0 Å². The molecule has 88 valence electrons. The zero-order chi connectivity index (χ0) is 12.4. The molecule has 0 amide bonds. The molecule has 2 aromatic rings. The van der Waals surface area contributed by atoms with Gasteiger partial charge in [0.05, 0.1) is 12.1 Å². The van der Waals surface area contributed by atoms with Crippen molar-refractivity contribution in [2.24, 2.45) is 5.73 Å². The van der Waals surface area contributed by atoms with Gasteiger partial charge in [-0.2, -0.15) is 5.10 Å². The fraction of sp³-hybridized carbons (Fsp3) is 0.167. The average molecular weight is 232 g/mol. The molecule has 0 spiro atoms. The molecule has 0 saturated carbocycles. The van der Waals surface area contributed by atoms with Crippen molar-refractivity contribution < 1.29 is 4.39 Å². The van der Waals surface area contributed by atoms with E-state index in [1.165, 1.54) is 6.07 Å². The van der Waals surface area contributed by atoms with Crippen LogP contribution < -0.4 is 5.73 Å². The van der Waals surface area contributed by atoms with Gasteiger partial charge in [0.1, 0.15) is 11.7 Å². The lowest BCUT2D eigenvalue weighted by Crippen LogP contribution is -2.15. The molecule has 0 aliphatic rings. The van der Waals surface area contributed by atoms with Crippen molar-refractivity contribution >= 4 is 5.84 Å². The molecular formula is C12H13FN4. The summed E-state index contributed by atoms with van der Waals surface area (Å²) in [4.78, 5) is 0. The zero-order valence-electron chi connectivity index (χ0n) is 9.44. The van der Waals surface area contributed by atoms with Crippen LogP contribution in [0.3, 0.4) is 0 Å². The van der Waals surface area contributed by atoms with Crippen molar-refractivity contribution in [1.29, 1.82) is 5.41 Å². The van der Waals surface area contributed by atoms with Crippen molar-refractivity contribution in [2.75, 3.05) is 0 Å². The van der Waals surface area contributed by atoms with Crippen LogP contribution in [0.2, 0.25) is 0 Å². The lowest BCUT2D eigenvalue weighted by molar-refractivity contribution is 0.578. The maximum Gasteiger partial charge on any atom is 0.139 e. The van der Waals surface area contributed by atoms with E-state index in [1.54, 1.807) is 23.0 Å². The van der Waals surface area contributed by atoms with E-state index in [-0.39, 0.29) is 11.4 Å². The summed E-state index contributed by atoms with van der Waals surface area (Å²) in [6, 6.07) is 6.71. The third kappa shape index (κ3) is 2.18. The fourth-order valence-corrected chi connectivity index (χ4v) is 1.64. The standard InChI is InChI=1S/C12H13FN4/c1-8-5-6-16-17(8)7-9-3-2-4-10(11(9)13)12(14)15/h2-6H,7H2,1H3,(H3,14,15). The van der Waals surface area contributed by atoms with Crippen LogP contribution in [0.5, 0.6) is 0 Å². The third-order valence-electron chi connectivity index (χ3n) is 2.62. The van der Waals surface area contributed by atoms with Crippen LogP contribution in [0, 0.1) is 18.2 Å². The first-order chi connectivity index (χ1) is 8.09. The van der Waals surface area contributed by atoms with Crippen LogP contribution in [0.4, 0.5) is 4.39 Å². The van der Waals surface area contributed by atoms with Gasteiger partial charge in [-0.05, 0) is 19.1 Å². The van der Waals surface area contributed by atoms with Crippen LogP contribution in [0.25, 0.3) is 0 Å². The van der Waals surface area contributed by atoms with E-state index < -0.39 is 5.82 Å². The summed E-state index contributed by atoms with van der Waals surface area (Å²) >= 11 is 0. The normalized spacial score (nSPS) is 10.5. The number of hydrogen-bond acceptors (Lipinski definition) is 2. The number of nitrogens with two attached hydrogens (primary N) is 1. The first-order valence-electron chi connectivity index (χ1n) is 5.20. The Balaban J connectivity index is 2.37. The number of nitrogens with zero attached hydrogens (tertiary/aromatic N) is 2. The Hall–Kier alpha value is -2.17. The second-order valence-electron chi connectivity index (χ2n) is 3.82. The molecule has 4 nitrogen and oxygen atoms in total. The number of nitrogens with one attached hydrogen (secondary N) is 1. The van der Waals surface area contributed by atoms with Gasteiger partial charge in [0.2, 0.25) is 0 Å². The predicted molar refractivity (Wildman–Crippen MR) is 63.5 cm³/mol. The lowest BCUT2D eigenvalue weighted by atomic mass is 10.1. The Labute approximate surface area is 98.4 Å². The van der Waals surface area contributed by atoms with Crippen molar-refractivity contribution in [2.45, 2.75) is 13.5 Å². The monoisotopic (exact) mass is 232 g/mol. The van der Waals surface area contributed by atoms with Gasteiger partial charge in [0.25, 0.3) is 0 Å². The molecule has 17 heavy (non-hydrogen) atoms. The summed E-state index contributed by atoms with van der Waals surface area (Å²) in [5.74, 6) is -0.712. The molecule has 0 radical (unpaired) electrons. The molecule has 0 saturated heterocycles. The molecule has 0 unspecified atom stereocenters. The molecule has 3 N–H and O–H groups in total. The Bertz CT molecular complexity index is 559. The van der Waals surface area contributed by atoms with Gasteiger partial charge in [0.15, 0.2) is 0 Å². The van der Waals surface area contributed by atoms with E-state index in [2.05, 4.69) is 5.10 Å². The van der Waals surface area contributed by atoms with E-state index >= 15 is 0 Å². The highest BCUT2D eigenvalue weighted by atomic mass is 19.1. The molecule has 5 heteroatoms. The molecule has 1 aromatic carbocycles. The van der Waals surface area contributed by atoms with Crippen molar-refractivity contribution in [3.8, 4) is 0 Å². The fourth-order valence-electron chi connectivity index (χ4n) is 1.64. The van der Waals surface area contributed by atoms with Crippen LogP contribution in [0.15, 0.2) is 30.5 Å². The minimum Gasteiger partial charge on any atom is -0.384 e. The van der Waals surface area contributed by atoms with E-state index in [0.29, 0.717) is 12.1 Å². The maximum atomic E-state index is 14.0. The molecule has 2 rings (SSSR count). The Morgan fingerprint density at radius 3 is 2.82 bits per heavy atom.